The molecule has 3 heterocycles. The van der Waals surface area contributed by atoms with E-state index in [4.69, 9.17) is 0 Å². The van der Waals surface area contributed by atoms with Crippen LogP contribution in [-0.2, 0) is 16.9 Å². The van der Waals surface area contributed by atoms with Crippen molar-refractivity contribution >= 4 is 53.4 Å². The third kappa shape index (κ3) is 3.40. The first-order valence-corrected chi connectivity index (χ1v) is 12.0. The van der Waals surface area contributed by atoms with Crippen LogP contribution >= 0.6 is 15.9 Å². The molecule has 0 bridgehead atoms. The van der Waals surface area contributed by atoms with Gasteiger partial charge in [0.1, 0.15) is 11.3 Å². The summed E-state index contributed by atoms with van der Waals surface area (Å²) in [4.78, 5) is 11.0. The molecule has 0 unspecified atom stereocenters. The van der Waals surface area contributed by atoms with E-state index in [1.54, 1.807) is 18.5 Å². The molecule has 1 aromatic carbocycles. The maximum atomic E-state index is 12.6. The van der Waals surface area contributed by atoms with E-state index in [1.165, 1.54) is 0 Å². The van der Waals surface area contributed by atoms with Gasteiger partial charge in [-0.15, -0.1) is 0 Å². The number of benzene rings is 1. The van der Waals surface area contributed by atoms with Crippen molar-refractivity contribution < 1.29 is 13.5 Å². The summed E-state index contributed by atoms with van der Waals surface area (Å²) in [7, 11) is -1.76. The second-order valence-electron chi connectivity index (χ2n) is 7.98. The molecule has 0 saturated carbocycles. The summed E-state index contributed by atoms with van der Waals surface area (Å²) in [5.74, 6) is 0.459. The van der Waals surface area contributed by atoms with Crippen LogP contribution in [0.4, 0.5) is 5.82 Å². The first-order valence-electron chi connectivity index (χ1n) is 9.57. The molecule has 1 aliphatic rings. The van der Waals surface area contributed by atoms with Gasteiger partial charge in [0, 0.05) is 31.7 Å². The second kappa shape index (κ2) is 6.88. The van der Waals surface area contributed by atoms with Crippen LogP contribution in [0.2, 0.25) is 0 Å². The van der Waals surface area contributed by atoms with Gasteiger partial charge in [0.25, 0.3) is 0 Å². The molecule has 1 saturated heterocycles. The topological polar surface area (TPSA) is 101 Å². The fourth-order valence-electron chi connectivity index (χ4n) is 3.96. The third-order valence-corrected chi connectivity index (χ3v) is 7.96. The molecule has 0 aliphatic carbocycles. The Morgan fingerprint density at radius 3 is 2.69 bits per heavy atom. The Morgan fingerprint density at radius 2 is 2.03 bits per heavy atom. The van der Waals surface area contributed by atoms with E-state index in [2.05, 4.69) is 31.0 Å². The average Bonchev–Trinajstić information content (AvgIpc) is 3.06. The molecule has 1 fully saturated rings. The molecule has 2 aromatic heterocycles. The highest BCUT2D eigenvalue weighted by Crippen LogP contribution is 2.40. The number of hydrogen-bond donors (Lipinski definition) is 1. The monoisotopic (exact) mass is 481 g/mol. The van der Waals surface area contributed by atoms with E-state index in [0.717, 1.165) is 32.7 Å². The number of sulfone groups is 1. The molecule has 0 spiro atoms. The van der Waals surface area contributed by atoms with Gasteiger partial charge in [-0.3, -0.25) is 4.68 Å². The standard InChI is InChI=1S/C19H24BrN5O3S/c1-5-29(27,28)18-21-15-11(2)14(20)16-12(9-24(4)23-16)13(15)17(22-18)25-8-6-7-19(3,26)10-25/h9,26H,5-8,10H2,1-4H3/t19-/m1/s1. The zero-order chi connectivity index (χ0) is 21.1. The summed E-state index contributed by atoms with van der Waals surface area (Å²) in [5.41, 5.74) is 1.31. The third-order valence-electron chi connectivity index (χ3n) is 5.49. The Morgan fingerprint density at radius 1 is 1.31 bits per heavy atom. The second-order valence-corrected chi connectivity index (χ2v) is 10.9. The number of aryl methyl sites for hydroxylation is 2. The first kappa shape index (κ1) is 20.5. The molecule has 156 valence electrons. The van der Waals surface area contributed by atoms with Crippen LogP contribution in [0.5, 0.6) is 0 Å². The molecule has 1 atom stereocenters. The van der Waals surface area contributed by atoms with Crippen molar-refractivity contribution in [3.63, 3.8) is 0 Å². The van der Waals surface area contributed by atoms with E-state index in [-0.39, 0.29) is 10.9 Å². The number of rotatable bonds is 3. The van der Waals surface area contributed by atoms with Crippen molar-refractivity contribution in [2.75, 3.05) is 23.7 Å². The van der Waals surface area contributed by atoms with Crippen molar-refractivity contribution in [1.29, 1.82) is 0 Å². The highest BCUT2D eigenvalue weighted by molar-refractivity contribution is 9.10. The van der Waals surface area contributed by atoms with Gasteiger partial charge < -0.3 is 10.0 Å². The average molecular weight is 482 g/mol. The number of nitrogens with zero attached hydrogens (tertiary/aromatic N) is 5. The van der Waals surface area contributed by atoms with Crippen LogP contribution in [0, 0.1) is 6.92 Å². The minimum absolute atomic E-state index is 0.0784. The minimum atomic E-state index is -3.60. The maximum Gasteiger partial charge on any atom is 0.249 e. The van der Waals surface area contributed by atoms with Crippen LogP contribution in [0.25, 0.3) is 21.8 Å². The molecule has 29 heavy (non-hydrogen) atoms. The number of aliphatic hydroxyl groups is 1. The van der Waals surface area contributed by atoms with Gasteiger partial charge in [-0.05, 0) is 48.2 Å². The van der Waals surface area contributed by atoms with E-state index < -0.39 is 15.4 Å². The number of halogens is 1. The normalized spacial score (nSPS) is 20.7. The van der Waals surface area contributed by atoms with Crippen molar-refractivity contribution in [2.24, 2.45) is 7.05 Å². The zero-order valence-electron chi connectivity index (χ0n) is 16.9. The summed E-state index contributed by atoms with van der Waals surface area (Å²) in [6.07, 6.45) is 3.38. The van der Waals surface area contributed by atoms with Crippen molar-refractivity contribution in [1.82, 2.24) is 19.7 Å². The van der Waals surface area contributed by atoms with Gasteiger partial charge in [0.15, 0.2) is 0 Å². The highest BCUT2D eigenvalue weighted by atomic mass is 79.9. The number of aromatic nitrogens is 4. The minimum Gasteiger partial charge on any atom is -0.388 e. The SMILES string of the molecule is CCS(=O)(=O)c1nc(N2CCC[C@@](C)(O)C2)c2c(n1)c(C)c(Br)c1nn(C)cc12. The van der Waals surface area contributed by atoms with Gasteiger partial charge in [0.2, 0.25) is 15.0 Å². The Labute approximate surface area is 178 Å². The molecule has 4 rings (SSSR count). The van der Waals surface area contributed by atoms with Gasteiger partial charge in [-0.1, -0.05) is 6.92 Å². The fourth-order valence-corrected chi connectivity index (χ4v) is 5.16. The Kier molecular flexibility index (Phi) is 4.86. The molecule has 3 aromatic rings. The van der Waals surface area contributed by atoms with Crippen LogP contribution in [0.3, 0.4) is 0 Å². The predicted molar refractivity (Wildman–Crippen MR) is 116 cm³/mol. The van der Waals surface area contributed by atoms with Crippen molar-refractivity contribution in [3.8, 4) is 0 Å². The molecule has 10 heteroatoms. The predicted octanol–water partition coefficient (Wildman–Crippen LogP) is 2.73. The molecular formula is C19H24BrN5O3S. The number of fused-ring (bicyclic) bond motifs is 3. The molecular weight excluding hydrogens is 458 g/mol. The van der Waals surface area contributed by atoms with Gasteiger partial charge in [-0.2, -0.15) is 5.10 Å². The molecule has 0 radical (unpaired) electrons. The number of β-amino-alcohol motifs (C(OH)–C–C–N with tert-alkyl or cyclic N) is 1. The zero-order valence-corrected chi connectivity index (χ0v) is 19.3. The van der Waals surface area contributed by atoms with Crippen molar-refractivity contribution in [3.05, 3.63) is 16.2 Å². The van der Waals surface area contributed by atoms with E-state index >= 15 is 0 Å². The quantitative estimate of drug-likeness (QED) is 0.573. The lowest BCUT2D eigenvalue weighted by molar-refractivity contribution is 0.0447. The van der Waals surface area contributed by atoms with E-state index in [9.17, 15) is 13.5 Å². The Hall–Kier alpha value is -1.78. The number of hydrogen-bond acceptors (Lipinski definition) is 7. The first-order chi connectivity index (χ1) is 13.5. The smallest absolute Gasteiger partial charge is 0.249 e. The summed E-state index contributed by atoms with van der Waals surface area (Å²) >= 11 is 3.61. The van der Waals surface area contributed by atoms with Gasteiger partial charge in [-0.25, -0.2) is 18.4 Å². The van der Waals surface area contributed by atoms with E-state index in [0.29, 0.717) is 30.8 Å². The Balaban J connectivity index is 2.13. The fraction of sp³-hybridized carbons (Fsp3) is 0.526. The summed E-state index contributed by atoms with van der Waals surface area (Å²) in [5, 5.41) is 16.6. The molecule has 1 N–H and O–H groups in total. The molecule has 8 nitrogen and oxygen atoms in total. The lowest BCUT2D eigenvalue weighted by Crippen LogP contribution is -2.46. The molecule has 1 aliphatic heterocycles. The summed E-state index contributed by atoms with van der Waals surface area (Å²) in [6.45, 7) is 6.34. The highest BCUT2D eigenvalue weighted by Gasteiger charge is 2.32. The summed E-state index contributed by atoms with van der Waals surface area (Å²) in [6, 6.07) is 0. The van der Waals surface area contributed by atoms with Crippen molar-refractivity contribution in [2.45, 2.75) is 44.4 Å². The largest absolute Gasteiger partial charge is 0.388 e. The van der Waals surface area contributed by atoms with Gasteiger partial charge in [0.05, 0.1) is 26.7 Å². The Bertz CT molecular complexity index is 1240. The lowest BCUT2D eigenvalue weighted by Gasteiger charge is -2.38. The van der Waals surface area contributed by atoms with Crippen LogP contribution in [0.1, 0.15) is 32.3 Å². The number of anilines is 1. The number of piperidine rings is 1. The van der Waals surface area contributed by atoms with Gasteiger partial charge >= 0.3 is 0 Å². The summed E-state index contributed by atoms with van der Waals surface area (Å²) < 4.78 is 27.8. The maximum absolute atomic E-state index is 12.6. The molecule has 0 amide bonds. The van der Waals surface area contributed by atoms with Crippen LogP contribution in [0.15, 0.2) is 15.8 Å². The lowest BCUT2D eigenvalue weighted by atomic mass is 9.94. The van der Waals surface area contributed by atoms with E-state index in [1.807, 2.05) is 25.1 Å². The van der Waals surface area contributed by atoms with Crippen LogP contribution in [-0.4, -0.2) is 57.7 Å². The van der Waals surface area contributed by atoms with Crippen LogP contribution < -0.4 is 4.90 Å².